The predicted molar refractivity (Wildman–Crippen MR) is 69.9 cm³/mol. The molecule has 0 radical (unpaired) electrons. The van der Waals surface area contributed by atoms with Crippen LogP contribution in [0.15, 0.2) is 24.3 Å². The molecule has 0 bridgehead atoms. The third-order valence-corrected chi connectivity index (χ3v) is 2.42. The summed E-state index contributed by atoms with van der Waals surface area (Å²) >= 11 is 0. The van der Waals surface area contributed by atoms with Gasteiger partial charge in [0.05, 0.1) is 7.11 Å². The van der Waals surface area contributed by atoms with Crippen LogP contribution in [0.4, 0.5) is 0 Å². The minimum absolute atomic E-state index is 0.929. The molecule has 0 amide bonds. The summed E-state index contributed by atoms with van der Waals surface area (Å²) in [5.41, 5.74) is 2.39. The van der Waals surface area contributed by atoms with Crippen molar-refractivity contribution in [3.63, 3.8) is 0 Å². The summed E-state index contributed by atoms with van der Waals surface area (Å²) in [7, 11) is 1.70. The van der Waals surface area contributed by atoms with Gasteiger partial charge in [0.2, 0.25) is 0 Å². The summed E-state index contributed by atoms with van der Waals surface area (Å²) < 4.78 is 5.22. The number of benzene rings is 1. The van der Waals surface area contributed by atoms with Crippen molar-refractivity contribution < 1.29 is 4.74 Å². The quantitative estimate of drug-likeness (QED) is 0.743. The largest absolute Gasteiger partial charge is 0.496 e. The summed E-state index contributed by atoms with van der Waals surface area (Å²) in [4.78, 5) is 0. The van der Waals surface area contributed by atoms with Gasteiger partial charge < -0.3 is 10.1 Å². The highest BCUT2D eigenvalue weighted by Crippen LogP contribution is 2.18. The highest BCUT2D eigenvalue weighted by molar-refractivity contribution is 5.53. The first-order valence-electron chi connectivity index (χ1n) is 5.79. The maximum absolute atomic E-state index is 5.22. The van der Waals surface area contributed by atoms with Gasteiger partial charge in [-0.05, 0) is 43.1 Å². The van der Waals surface area contributed by atoms with E-state index < -0.39 is 0 Å². The molecule has 1 aromatic rings. The molecule has 0 unspecified atom stereocenters. The summed E-state index contributed by atoms with van der Waals surface area (Å²) in [6.45, 7) is 6.24. The number of ether oxygens (including phenoxy) is 1. The number of nitrogens with one attached hydrogen (secondary N) is 1. The average molecular weight is 219 g/mol. The van der Waals surface area contributed by atoms with Crippen LogP contribution < -0.4 is 10.1 Å². The smallest absolute Gasteiger partial charge is 0.121 e. The van der Waals surface area contributed by atoms with Crippen LogP contribution in [-0.2, 0) is 0 Å². The summed E-state index contributed by atoms with van der Waals surface area (Å²) in [5.74, 6) is 0.946. The van der Waals surface area contributed by atoms with Gasteiger partial charge in [-0.1, -0.05) is 25.1 Å². The Hall–Kier alpha value is -1.28. The van der Waals surface area contributed by atoms with E-state index in [9.17, 15) is 0 Å². The van der Waals surface area contributed by atoms with Gasteiger partial charge in [-0.3, -0.25) is 0 Å². The monoisotopic (exact) mass is 219 g/mol. The minimum atomic E-state index is 0.929. The Balaban J connectivity index is 2.51. The van der Waals surface area contributed by atoms with Crippen LogP contribution in [0.3, 0.4) is 0 Å². The Labute approximate surface area is 98.3 Å². The number of hydrogen-bond donors (Lipinski definition) is 1. The van der Waals surface area contributed by atoms with Gasteiger partial charge in [0.25, 0.3) is 0 Å². The van der Waals surface area contributed by atoms with E-state index in [-0.39, 0.29) is 0 Å². The molecule has 0 spiro atoms. The molecule has 0 saturated carbocycles. The number of rotatable bonds is 6. The number of aryl methyl sites for hydroxylation is 1. The lowest BCUT2D eigenvalue weighted by Gasteiger charge is -2.04. The van der Waals surface area contributed by atoms with Crippen molar-refractivity contribution >= 4 is 6.08 Å². The molecule has 0 aliphatic carbocycles. The molecule has 1 N–H and O–H groups in total. The van der Waals surface area contributed by atoms with E-state index in [0.717, 1.165) is 18.8 Å². The van der Waals surface area contributed by atoms with E-state index in [1.807, 2.05) is 6.07 Å². The van der Waals surface area contributed by atoms with E-state index >= 15 is 0 Å². The van der Waals surface area contributed by atoms with Gasteiger partial charge >= 0.3 is 0 Å². The van der Waals surface area contributed by atoms with Crippen molar-refractivity contribution in [2.75, 3.05) is 20.2 Å². The lowest BCUT2D eigenvalue weighted by Crippen LogP contribution is -2.13. The molecule has 16 heavy (non-hydrogen) atoms. The molecule has 1 rings (SSSR count). The van der Waals surface area contributed by atoms with E-state index in [4.69, 9.17) is 4.74 Å². The molecule has 88 valence electrons. The van der Waals surface area contributed by atoms with Crippen LogP contribution in [0.5, 0.6) is 5.75 Å². The second kappa shape index (κ2) is 7.07. The second-order valence-electron chi connectivity index (χ2n) is 3.84. The molecule has 2 nitrogen and oxygen atoms in total. The molecule has 0 aliphatic rings. The van der Waals surface area contributed by atoms with Crippen molar-refractivity contribution in [2.45, 2.75) is 20.3 Å². The maximum Gasteiger partial charge on any atom is 0.121 e. The van der Waals surface area contributed by atoms with Crippen LogP contribution >= 0.6 is 0 Å². The van der Waals surface area contributed by atoms with Crippen molar-refractivity contribution in [3.8, 4) is 5.75 Å². The van der Waals surface area contributed by atoms with Crippen molar-refractivity contribution in [1.29, 1.82) is 0 Å². The van der Waals surface area contributed by atoms with Crippen LogP contribution in [-0.4, -0.2) is 20.2 Å². The Kier molecular flexibility index (Phi) is 5.65. The van der Waals surface area contributed by atoms with Crippen LogP contribution in [0.1, 0.15) is 24.5 Å². The Morgan fingerprint density at radius 2 is 2.19 bits per heavy atom. The van der Waals surface area contributed by atoms with E-state index in [0.29, 0.717) is 0 Å². The lowest BCUT2D eigenvalue weighted by atomic mass is 10.1. The first kappa shape index (κ1) is 12.8. The molecular formula is C14H21NO. The van der Waals surface area contributed by atoms with Crippen LogP contribution in [0, 0.1) is 6.92 Å². The first-order valence-corrected chi connectivity index (χ1v) is 5.79. The molecule has 2 heteroatoms. The van der Waals surface area contributed by atoms with Gasteiger partial charge in [0.1, 0.15) is 5.75 Å². The molecule has 0 fully saturated rings. The first-order chi connectivity index (χ1) is 7.77. The fourth-order valence-electron chi connectivity index (χ4n) is 1.56. The van der Waals surface area contributed by atoms with Gasteiger partial charge in [0.15, 0.2) is 0 Å². The van der Waals surface area contributed by atoms with Crippen molar-refractivity contribution in [1.82, 2.24) is 5.32 Å². The Morgan fingerprint density at radius 3 is 2.81 bits per heavy atom. The Morgan fingerprint density at radius 1 is 1.38 bits per heavy atom. The zero-order valence-corrected chi connectivity index (χ0v) is 10.4. The maximum atomic E-state index is 5.22. The molecular weight excluding hydrogens is 198 g/mol. The molecule has 1 aromatic carbocycles. The van der Waals surface area contributed by atoms with E-state index in [2.05, 4.69) is 43.4 Å². The molecule has 0 saturated heterocycles. The fraction of sp³-hybridized carbons (Fsp3) is 0.429. The molecule has 0 aliphatic heterocycles. The summed E-state index contributed by atoms with van der Waals surface area (Å²) in [6, 6.07) is 6.21. The van der Waals surface area contributed by atoms with Crippen molar-refractivity contribution in [3.05, 3.63) is 35.4 Å². The lowest BCUT2D eigenvalue weighted by molar-refractivity contribution is 0.411. The average Bonchev–Trinajstić information content (AvgIpc) is 2.29. The molecule has 0 atom stereocenters. The predicted octanol–water partition coefficient (Wildman–Crippen LogP) is 3.02. The number of hydrogen-bond acceptors (Lipinski definition) is 2. The van der Waals surface area contributed by atoms with E-state index in [1.165, 1.54) is 17.5 Å². The van der Waals surface area contributed by atoms with Gasteiger partial charge in [0, 0.05) is 6.54 Å². The zero-order valence-electron chi connectivity index (χ0n) is 10.4. The number of methoxy groups -OCH3 is 1. The van der Waals surface area contributed by atoms with Crippen LogP contribution in [0.2, 0.25) is 0 Å². The van der Waals surface area contributed by atoms with Gasteiger partial charge in [-0.2, -0.15) is 0 Å². The zero-order chi connectivity index (χ0) is 11.8. The van der Waals surface area contributed by atoms with E-state index in [1.54, 1.807) is 7.11 Å². The normalized spacial score (nSPS) is 10.9. The summed E-state index contributed by atoms with van der Waals surface area (Å²) in [5, 5.41) is 3.33. The van der Waals surface area contributed by atoms with Gasteiger partial charge in [-0.15, -0.1) is 0 Å². The third kappa shape index (κ3) is 4.07. The Bertz CT molecular complexity index is 345. The third-order valence-electron chi connectivity index (χ3n) is 2.42. The van der Waals surface area contributed by atoms with Crippen LogP contribution in [0.25, 0.3) is 6.08 Å². The standard InChI is InChI=1S/C14H21NO/c1-4-9-15-10-5-6-13-7-8-14(16-3)12(2)11-13/h5-8,11,15H,4,9-10H2,1-3H3. The second-order valence-corrected chi connectivity index (χ2v) is 3.84. The topological polar surface area (TPSA) is 21.3 Å². The van der Waals surface area contributed by atoms with Gasteiger partial charge in [-0.25, -0.2) is 0 Å². The molecule has 0 heterocycles. The SMILES string of the molecule is CCCNCC=Cc1ccc(OC)c(C)c1. The highest BCUT2D eigenvalue weighted by Gasteiger charge is 1.96. The molecule has 0 aromatic heterocycles. The highest BCUT2D eigenvalue weighted by atomic mass is 16.5. The van der Waals surface area contributed by atoms with Crippen molar-refractivity contribution in [2.24, 2.45) is 0 Å². The minimum Gasteiger partial charge on any atom is -0.496 e. The fourth-order valence-corrected chi connectivity index (χ4v) is 1.56. The summed E-state index contributed by atoms with van der Waals surface area (Å²) in [6.07, 6.45) is 5.46.